The number of rotatable bonds is 5. The lowest BCUT2D eigenvalue weighted by atomic mass is 10.1. The number of halogens is 1. The molecule has 2 aromatic carbocycles. The molecule has 0 radical (unpaired) electrons. The first-order valence-electron chi connectivity index (χ1n) is 7.36. The van der Waals surface area contributed by atoms with E-state index in [1.54, 1.807) is 12.1 Å². The van der Waals surface area contributed by atoms with Crippen LogP contribution in [0.5, 0.6) is 0 Å². The number of anilines is 1. The zero-order valence-corrected chi connectivity index (χ0v) is 14.7. The van der Waals surface area contributed by atoms with Gasteiger partial charge in [-0.3, -0.25) is 4.79 Å². The van der Waals surface area contributed by atoms with Gasteiger partial charge in [0, 0.05) is 23.0 Å². The summed E-state index contributed by atoms with van der Waals surface area (Å²) in [5, 5.41) is 5.44. The van der Waals surface area contributed by atoms with Crippen LogP contribution >= 0.6 is 15.9 Å². The summed E-state index contributed by atoms with van der Waals surface area (Å²) in [6.07, 6.45) is 0.269. The van der Waals surface area contributed by atoms with Crippen LogP contribution in [0, 0.1) is 13.8 Å². The Balaban J connectivity index is 1.80. The van der Waals surface area contributed by atoms with E-state index < -0.39 is 0 Å². The molecule has 23 heavy (non-hydrogen) atoms. The number of benzene rings is 2. The molecule has 0 saturated heterocycles. The van der Waals surface area contributed by atoms with Crippen LogP contribution in [0.1, 0.15) is 27.9 Å². The Morgan fingerprint density at radius 2 is 1.65 bits per heavy atom. The summed E-state index contributed by atoms with van der Waals surface area (Å²) in [4.78, 5) is 23.9. The molecule has 5 heteroatoms. The van der Waals surface area contributed by atoms with Crippen molar-refractivity contribution in [3.05, 3.63) is 63.6 Å². The van der Waals surface area contributed by atoms with Crippen LogP contribution in [-0.2, 0) is 0 Å². The van der Waals surface area contributed by atoms with E-state index in [0.29, 0.717) is 17.8 Å². The van der Waals surface area contributed by atoms with E-state index in [0.717, 1.165) is 15.6 Å². The third-order valence-electron chi connectivity index (χ3n) is 3.38. The number of ketones is 1. The maximum Gasteiger partial charge on any atom is 0.319 e. The SMILES string of the molecule is Cc1ccc(C(=O)CCNC(=O)Nc2ccc(C)cc2Br)cc1. The third-order valence-corrected chi connectivity index (χ3v) is 4.04. The van der Waals surface area contributed by atoms with Gasteiger partial charge in [-0.05, 0) is 47.5 Å². The molecular weight excluding hydrogens is 356 g/mol. The van der Waals surface area contributed by atoms with Crippen LogP contribution in [0.2, 0.25) is 0 Å². The first-order chi connectivity index (χ1) is 11.0. The predicted molar refractivity (Wildman–Crippen MR) is 96.0 cm³/mol. The van der Waals surface area contributed by atoms with Gasteiger partial charge >= 0.3 is 6.03 Å². The standard InChI is InChI=1S/C18H19BrN2O2/c1-12-3-6-14(7-4-12)17(22)9-10-20-18(23)21-16-8-5-13(2)11-15(16)19/h3-8,11H,9-10H2,1-2H3,(H2,20,21,23). The van der Waals surface area contributed by atoms with Gasteiger partial charge in [0.25, 0.3) is 0 Å². The molecule has 0 aliphatic heterocycles. The van der Waals surface area contributed by atoms with E-state index in [2.05, 4.69) is 26.6 Å². The van der Waals surface area contributed by atoms with Gasteiger partial charge in [-0.1, -0.05) is 35.9 Å². The summed E-state index contributed by atoms with van der Waals surface area (Å²) >= 11 is 3.41. The Morgan fingerprint density at radius 1 is 1.00 bits per heavy atom. The molecule has 0 heterocycles. The Kier molecular flexibility index (Phi) is 5.93. The van der Waals surface area contributed by atoms with Gasteiger partial charge in [-0.2, -0.15) is 0 Å². The number of urea groups is 1. The lowest BCUT2D eigenvalue weighted by Crippen LogP contribution is -2.30. The van der Waals surface area contributed by atoms with Crippen LogP contribution in [0.3, 0.4) is 0 Å². The number of amides is 2. The Labute approximate surface area is 144 Å². The van der Waals surface area contributed by atoms with Gasteiger partial charge in [0.05, 0.1) is 5.69 Å². The largest absolute Gasteiger partial charge is 0.337 e. The maximum atomic E-state index is 12.0. The van der Waals surface area contributed by atoms with Crippen molar-refractivity contribution in [2.45, 2.75) is 20.3 Å². The van der Waals surface area contributed by atoms with Crippen molar-refractivity contribution in [1.29, 1.82) is 0 Å². The molecular formula is C18H19BrN2O2. The van der Waals surface area contributed by atoms with Crippen molar-refractivity contribution < 1.29 is 9.59 Å². The van der Waals surface area contributed by atoms with E-state index in [9.17, 15) is 9.59 Å². The van der Waals surface area contributed by atoms with Crippen molar-refractivity contribution in [3.8, 4) is 0 Å². The van der Waals surface area contributed by atoms with Crippen molar-refractivity contribution in [2.75, 3.05) is 11.9 Å². The van der Waals surface area contributed by atoms with Crippen molar-refractivity contribution in [2.24, 2.45) is 0 Å². The highest BCUT2D eigenvalue weighted by Crippen LogP contribution is 2.23. The molecule has 0 saturated carbocycles. The van der Waals surface area contributed by atoms with Crippen LogP contribution in [0.15, 0.2) is 46.9 Å². The number of nitrogens with one attached hydrogen (secondary N) is 2. The average Bonchev–Trinajstić information content (AvgIpc) is 2.50. The number of hydrogen-bond acceptors (Lipinski definition) is 2. The molecule has 2 N–H and O–H groups in total. The minimum atomic E-state index is -0.328. The van der Waals surface area contributed by atoms with Gasteiger partial charge in [0.15, 0.2) is 5.78 Å². The van der Waals surface area contributed by atoms with Gasteiger partial charge in [-0.15, -0.1) is 0 Å². The van der Waals surface area contributed by atoms with Crippen LogP contribution < -0.4 is 10.6 Å². The quantitative estimate of drug-likeness (QED) is 0.758. The van der Waals surface area contributed by atoms with E-state index in [4.69, 9.17) is 0 Å². The Hall–Kier alpha value is -2.14. The monoisotopic (exact) mass is 374 g/mol. The number of Topliss-reactive ketones (excluding diaryl/α,β-unsaturated/α-hetero) is 1. The molecule has 0 spiro atoms. The molecule has 0 aliphatic rings. The van der Waals surface area contributed by atoms with Gasteiger partial charge < -0.3 is 10.6 Å². The van der Waals surface area contributed by atoms with Gasteiger partial charge in [0.2, 0.25) is 0 Å². The van der Waals surface area contributed by atoms with E-state index in [1.165, 1.54) is 0 Å². The van der Waals surface area contributed by atoms with Crippen molar-refractivity contribution in [3.63, 3.8) is 0 Å². The summed E-state index contributed by atoms with van der Waals surface area (Å²) in [7, 11) is 0. The second-order valence-corrected chi connectivity index (χ2v) is 6.26. The molecule has 0 unspecified atom stereocenters. The minimum Gasteiger partial charge on any atom is -0.337 e. The molecule has 0 fully saturated rings. The lowest BCUT2D eigenvalue weighted by molar-refractivity contribution is 0.0984. The van der Waals surface area contributed by atoms with Crippen molar-refractivity contribution >= 4 is 33.4 Å². The van der Waals surface area contributed by atoms with E-state index in [1.807, 2.05) is 44.2 Å². The maximum absolute atomic E-state index is 12.0. The van der Waals surface area contributed by atoms with Crippen molar-refractivity contribution in [1.82, 2.24) is 5.32 Å². The van der Waals surface area contributed by atoms with Gasteiger partial charge in [0.1, 0.15) is 0 Å². The second-order valence-electron chi connectivity index (χ2n) is 5.40. The molecule has 0 bridgehead atoms. The lowest BCUT2D eigenvalue weighted by Gasteiger charge is -2.09. The number of carbonyl (C=O) groups is 2. The highest BCUT2D eigenvalue weighted by Gasteiger charge is 2.08. The molecule has 2 rings (SSSR count). The molecule has 4 nitrogen and oxygen atoms in total. The Bertz CT molecular complexity index is 711. The first kappa shape index (κ1) is 17.2. The zero-order chi connectivity index (χ0) is 16.8. The van der Waals surface area contributed by atoms with E-state index in [-0.39, 0.29) is 18.2 Å². The summed E-state index contributed by atoms with van der Waals surface area (Å²) in [6.45, 7) is 4.25. The average molecular weight is 375 g/mol. The Morgan fingerprint density at radius 3 is 2.30 bits per heavy atom. The summed E-state index contributed by atoms with van der Waals surface area (Å²) in [5.41, 5.74) is 3.58. The molecule has 0 atom stereocenters. The molecule has 120 valence electrons. The zero-order valence-electron chi connectivity index (χ0n) is 13.2. The minimum absolute atomic E-state index is 0.0156. The van der Waals surface area contributed by atoms with Crippen LogP contribution in [0.4, 0.5) is 10.5 Å². The fourth-order valence-corrected chi connectivity index (χ4v) is 2.65. The summed E-state index contributed by atoms with van der Waals surface area (Å²) in [6, 6.07) is 12.8. The van der Waals surface area contributed by atoms with Gasteiger partial charge in [-0.25, -0.2) is 4.79 Å². The van der Waals surface area contributed by atoms with Crippen LogP contribution in [-0.4, -0.2) is 18.4 Å². The number of hydrogen-bond donors (Lipinski definition) is 2. The molecule has 0 aliphatic carbocycles. The molecule has 2 amide bonds. The van der Waals surface area contributed by atoms with E-state index >= 15 is 0 Å². The fraction of sp³-hybridized carbons (Fsp3) is 0.222. The topological polar surface area (TPSA) is 58.2 Å². The second kappa shape index (κ2) is 7.92. The summed E-state index contributed by atoms with van der Waals surface area (Å²) < 4.78 is 0.823. The molecule has 2 aromatic rings. The number of carbonyl (C=O) groups excluding carboxylic acids is 2. The normalized spacial score (nSPS) is 10.2. The highest BCUT2D eigenvalue weighted by atomic mass is 79.9. The summed E-state index contributed by atoms with van der Waals surface area (Å²) in [5.74, 6) is 0.0156. The number of aryl methyl sites for hydroxylation is 2. The smallest absolute Gasteiger partial charge is 0.319 e. The highest BCUT2D eigenvalue weighted by molar-refractivity contribution is 9.10. The van der Waals surface area contributed by atoms with Crippen LogP contribution in [0.25, 0.3) is 0 Å². The molecule has 0 aromatic heterocycles. The first-order valence-corrected chi connectivity index (χ1v) is 8.16. The predicted octanol–water partition coefficient (Wildman–Crippen LogP) is 4.46. The fourth-order valence-electron chi connectivity index (χ4n) is 2.06. The third kappa shape index (κ3) is 5.21.